The Bertz CT molecular complexity index is 583. The van der Waals surface area contributed by atoms with Gasteiger partial charge in [0.2, 0.25) is 0 Å². The van der Waals surface area contributed by atoms with Gasteiger partial charge in [0.05, 0.1) is 11.6 Å². The van der Waals surface area contributed by atoms with Gasteiger partial charge in [0.25, 0.3) is 0 Å². The number of carbonyl (C=O) groups excluding carboxylic acids is 1. The number of hydrogen-bond donors (Lipinski definition) is 1. The highest BCUT2D eigenvalue weighted by molar-refractivity contribution is 5.71. The third kappa shape index (κ3) is 3.58. The highest BCUT2D eigenvalue weighted by Gasteiger charge is 2.49. The number of rotatable bonds is 5. The van der Waals surface area contributed by atoms with Crippen LogP contribution in [-0.4, -0.2) is 22.6 Å². The smallest absolute Gasteiger partial charge is 0.411 e. The van der Waals surface area contributed by atoms with Crippen molar-refractivity contribution in [2.24, 2.45) is 0 Å². The van der Waals surface area contributed by atoms with Crippen molar-refractivity contribution in [3.63, 3.8) is 0 Å². The molecule has 0 radical (unpaired) electrons. The van der Waals surface area contributed by atoms with Gasteiger partial charge in [0.15, 0.2) is 0 Å². The minimum absolute atomic E-state index is 0.0577. The van der Waals surface area contributed by atoms with Crippen molar-refractivity contribution >= 4 is 11.8 Å². The second-order valence-electron chi connectivity index (χ2n) is 7.57. The third-order valence-corrected chi connectivity index (χ3v) is 4.70. The highest BCUT2D eigenvalue weighted by Crippen LogP contribution is 2.48. The Labute approximate surface area is 145 Å². The zero-order valence-corrected chi connectivity index (χ0v) is 15.3. The molecule has 1 aromatic carbocycles. The molecule has 0 spiro atoms. The zero-order chi connectivity index (χ0) is 18.0. The summed E-state index contributed by atoms with van der Waals surface area (Å²) in [4.78, 5) is 14.9. The minimum Gasteiger partial charge on any atom is -0.444 e. The van der Waals surface area contributed by atoms with Gasteiger partial charge < -0.3 is 10.5 Å². The number of amides is 1. The second-order valence-corrected chi connectivity index (χ2v) is 7.57. The Balaban J connectivity index is 2.45. The summed E-state index contributed by atoms with van der Waals surface area (Å²) in [7, 11) is 0. The van der Waals surface area contributed by atoms with Crippen molar-refractivity contribution in [1.29, 1.82) is 0 Å². The summed E-state index contributed by atoms with van der Waals surface area (Å²) in [6.07, 6.45) is 5.34. The molecule has 132 valence electrons. The van der Waals surface area contributed by atoms with E-state index in [1.165, 1.54) is 0 Å². The summed E-state index contributed by atoms with van der Waals surface area (Å²) in [5.41, 5.74) is 6.83. The number of nitrogen functional groups attached to an aromatic ring is 1. The van der Waals surface area contributed by atoms with Crippen molar-refractivity contribution < 1.29 is 9.53 Å². The summed E-state index contributed by atoms with van der Waals surface area (Å²) in [5.74, 6) is 0. The summed E-state index contributed by atoms with van der Waals surface area (Å²) >= 11 is 0. The molecule has 24 heavy (non-hydrogen) atoms. The molecule has 1 aliphatic rings. The van der Waals surface area contributed by atoms with Gasteiger partial charge in [-0.3, -0.25) is 4.90 Å². The average Bonchev–Trinajstić information content (AvgIpc) is 2.45. The van der Waals surface area contributed by atoms with Gasteiger partial charge in [0.1, 0.15) is 5.60 Å². The van der Waals surface area contributed by atoms with Gasteiger partial charge in [-0.1, -0.05) is 25.1 Å². The van der Waals surface area contributed by atoms with Crippen LogP contribution in [0.15, 0.2) is 36.9 Å². The number of ether oxygens (including phenoxy) is 1. The van der Waals surface area contributed by atoms with E-state index in [1.807, 2.05) is 56.0 Å². The molecule has 4 nitrogen and oxygen atoms in total. The molecule has 1 amide bonds. The predicted molar refractivity (Wildman–Crippen MR) is 98.7 cm³/mol. The van der Waals surface area contributed by atoms with Gasteiger partial charge >= 0.3 is 6.09 Å². The van der Waals surface area contributed by atoms with Crippen molar-refractivity contribution in [1.82, 2.24) is 4.90 Å². The average molecular weight is 330 g/mol. The van der Waals surface area contributed by atoms with E-state index in [9.17, 15) is 4.79 Å². The Kier molecular flexibility index (Phi) is 5.26. The Hall–Kier alpha value is -1.97. The number of carbonyl (C=O) groups is 1. The maximum Gasteiger partial charge on any atom is 0.411 e. The quantitative estimate of drug-likeness (QED) is 0.620. The zero-order valence-electron chi connectivity index (χ0n) is 15.3. The maximum absolute atomic E-state index is 13.0. The number of nitrogens with two attached hydrogens (primary N) is 1. The summed E-state index contributed by atoms with van der Waals surface area (Å²) in [6.45, 7) is 11.7. The van der Waals surface area contributed by atoms with E-state index in [4.69, 9.17) is 10.5 Å². The van der Waals surface area contributed by atoms with Crippen LogP contribution in [0.5, 0.6) is 0 Å². The molecular formula is C20H30N2O2. The van der Waals surface area contributed by atoms with Gasteiger partial charge in [-0.2, -0.15) is 0 Å². The molecule has 0 aromatic heterocycles. The summed E-state index contributed by atoms with van der Waals surface area (Å²) in [6, 6.07) is 7.80. The molecule has 0 heterocycles. The van der Waals surface area contributed by atoms with E-state index in [0.717, 1.165) is 36.9 Å². The van der Waals surface area contributed by atoms with Crippen LogP contribution in [0.3, 0.4) is 0 Å². The van der Waals surface area contributed by atoms with Crippen LogP contribution in [0, 0.1) is 0 Å². The lowest BCUT2D eigenvalue weighted by atomic mass is 9.69. The fourth-order valence-corrected chi connectivity index (χ4v) is 3.37. The van der Waals surface area contributed by atoms with Crippen LogP contribution in [-0.2, 0) is 10.3 Å². The van der Waals surface area contributed by atoms with E-state index in [2.05, 4.69) is 13.5 Å². The first-order chi connectivity index (χ1) is 11.2. The van der Waals surface area contributed by atoms with E-state index < -0.39 is 5.60 Å². The standard InChI is InChI=1S/C20H30N2O2/c1-6-17(7-2)22(18(23)24-19(3,4)5)20(13-8-14-20)15-9-11-16(21)12-10-15/h6,9-12,17H,1,7-8,13-14,21H2,2-5H3. The van der Waals surface area contributed by atoms with Gasteiger partial charge in [-0.15, -0.1) is 6.58 Å². The number of benzene rings is 1. The molecule has 2 rings (SSSR count). The van der Waals surface area contributed by atoms with E-state index in [0.29, 0.717) is 0 Å². The lowest BCUT2D eigenvalue weighted by Gasteiger charge is -2.52. The van der Waals surface area contributed by atoms with Crippen LogP contribution in [0.4, 0.5) is 10.5 Å². The molecule has 1 fully saturated rings. The van der Waals surface area contributed by atoms with Crippen LogP contribution >= 0.6 is 0 Å². The first kappa shape index (κ1) is 18.4. The monoisotopic (exact) mass is 330 g/mol. The lowest BCUT2D eigenvalue weighted by molar-refractivity contribution is -0.0411. The normalized spacial score (nSPS) is 17.5. The first-order valence-electron chi connectivity index (χ1n) is 8.74. The molecule has 2 N–H and O–H groups in total. The Morgan fingerprint density at radius 2 is 1.96 bits per heavy atom. The summed E-state index contributed by atoms with van der Waals surface area (Å²) < 4.78 is 5.73. The van der Waals surface area contributed by atoms with Gasteiger partial charge in [0, 0.05) is 5.69 Å². The van der Waals surface area contributed by atoms with Crippen LogP contribution in [0.25, 0.3) is 0 Å². The van der Waals surface area contributed by atoms with E-state index in [-0.39, 0.29) is 17.7 Å². The Morgan fingerprint density at radius 3 is 2.33 bits per heavy atom. The molecule has 0 bridgehead atoms. The molecule has 0 aliphatic heterocycles. The fraction of sp³-hybridized carbons (Fsp3) is 0.550. The topological polar surface area (TPSA) is 55.6 Å². The van der Waals surface area contributed by atoms with Crippen molar-refractivity contribution in [2.75, 3.05) is 5.73 Å². The largest absolute Gasteiger partial charge is 0.444 e. The first-order valence-corrected chi connectivity index (χ1v) is 8.74. The molecule has 1 aliphatic carbocycles. The molecular weight excluding hydrogens is 300 g/mol. The Morgan fingerprint density at radius 1 is 1.38 bits per heavy atom. The van der Waals surface area contributed by atoms with Gasteiger partial charge in [-0.05, 0) is 64.2 Å². The third-order valence-electron chi connectivity index (χ3n) is 4.70. The summed E-state index contributed by atoms with van der Waals surface area (Å²) in [5, 5.41) is 0. The van der Waals surface area contributed by atoms with E-state index >= 15 is 0 Å². The van der Waals surface area contributed by atoms with Crippen LogP contribution < -0.4 is 5.73 Å². The van der Waals surface area contributed by atoms with Crippen molar-refractivity contribution in [2.45, 2.75) is 70.6 Å². The fourth-order valence-electron chi connectivity index (χ4n) is 3.37. The van der Waals surface area contributed by atoms with Gasteiger partial charge in [-0.25, -0.2) is 4.79 Å². The molecule has 1 atom stereocenters. The number of anilines is 1. The molecule has 1 aromatic rings. The maximum atomic E-state index is 13.0. The van der Waals surface area contributed by atoms with Crippen molar-refractivity contribution in [3.8, 4) is 0 Å². The van der Waals surface area contributed by atoms with Crippen LogP contribution in [0.1, 0.15) is 58.9 Å². The minimum atomic E-state index is -0.527. The molecule has 0 saturated heterocycles. The SMILES string of the molecule is C=CC(CC)N(C(=O)OC(C)(C)C)C1(c2ccc(N)cc2)CCC1. The molecule has 1 saturated carbocycles. The molecule has 1 unspecified atom stereocenters. The number of nitrogens with zero attached hydrogens (tertiary/aromatic N) is 1. The van der Waals surface area contributed by atoms with Crippen LogP contribution in [0.2, 0.25) is 0 Å². The lowest BCUT2D eigenvalue weighted by Crippen LogP contribution is -2.58. The highest BCUT2D eigenvalue weighted by atomic mass is 16.6. The molecule has 4 heteroatoms. The second kappa shape index (κ2) is 6.88. The predicted octanol–water partition coefficient (Wildman–Crippen LogP) is 4.85. The van der Waals surface area contributed by atoms with E-state index in [1.54, 1.807) is 0 Å². The number of hydrogen-bond acceptors (Lipinski definition) is 3. The van der Waals surface area contributed by atoms with Crippen molar-refractivity contribution in [3.05, 3.63) is 42.5 Å².